The third-order valence-corrected chi connectivity index (χ3v) is 4.51. The summed E-state index contributed by atoms with van der Waals surface area (Å²) in [5.74, 6) is 0.710. The monoisotopic (exact) mass is 284 g/mol. The molecule has 0 aliphatic carbocycles. The molecule has 2 aliphatic rings. The summed E-state index contributed by atoms with van der Waals surface area (Å²) in [6, 6.07) is 0.566. The number of ether oxygens (including phenoxy) is 2. The van der Waals surface area contributed by atoms with Crippen molar-refractivity contribution in [2.24, 2.45) is 5.92 Å². The van der Waals surface area contributed by atoms with E-state index >= 15 is 0 Å². The van der Waals surface area contributed by atoms with Crippen molar-refractivity contribution in [3.8, 4) is 0 Å². The van der Waals surface area contributed by atoms with E-state index in [9.17, 15) is 0 Å². The maximum atomic E-state index is 6.16. The van der Waals surface area contributed by atoms with E-state index in [0.717, 1.165) is 32.7 Å². The Morgan fingerprint density at radius 1 is 1.20 bits per heavy atom. The lowest BCUT2D eigenvalue weighted by Crippen LogP contribution is -2.41. The molecule has 2 rings (SSSR count). The molecular weight excluding hydrogens is 252 g/mol. The number of hydrogen-bond acceptors (Lipinski definition) is 4. The Kier molecular flexibility index (Phi) is 6.27. The molecule has 1 N–H and O–H groups in total. The summed E-state index contributed by atoms with van der Waals surface area (Å²) in [7, 11) is 2.21. The van der Waals surface area contributed by atoms with Crippen LogP contribution in [0.15, 0.2) is 0 Å². The van der Waals surface area contributed by atoms with Gasteiger partial charge in [0.25, 0.3) is 0 Å². The molecule has 118 valence electrons. The predicted molar refractivity (Wildman–Crippen MR) is 82.1 cm³/mol. The second-order valence-corrected chi connectivity index (χ2v) is 6.88. The second kappa shape index (κ2) is 7.74. The summed E-state index contributed by atoms with van der Waals surface area (Å²) in [5, 5.41) is 3.50. The first-order valence-electron chi connectivity index (χ1n) is 8.24. The summed E-state index contributed by atoms with van der Waals surface area (Å²) in [6.45, 7) is 10.7. The maximum Gasteiger partial charge on any atom is 0.0707 e. The van der Waals surface area contributed by atoms with Gasteiger partial charge in [-0.2, -0.15) is 0 Å². The van der Waals surface area contributed by atoms with Gasteiger partial charge in [-0.15, -0.1) is 0 Å². The third kappa shape index (κ3) is 4.69. The van der Waals surface area contributed by atoms with E-state index < -0.39 is 0 Å². The quantitative estimate of drug-likeness (QED) is 0.774. The molecule has 0 aromatic heterocycles. The molecule has 20 heavy (non-hydrogen) atoms. The second-order valence-electron chi connectivity index (χ2n) is 6.88. The largest absolute Gasteiger partial charge is 0.377 e. The van der Waals surface area contributed by atoms with E-state index in [1.165, 1.54) is 12.8 Å². The number of hydrogen-bond donors (Lipinski definition) is 1. The number of nitrogens with one attached hydrogen (secondary N) is 1. The van der Waals surface area contributed by atoms with Gasteiger partial charge in [0.05, 0.1) is 18.3 Å². The SMILES string of the molecule is CC(C)CNCC1CCC(CN(C)C2CCOC2C)O1. The fourth-order valence-electron chi connectivity index (χ4n) is 3.35. The molecule has 0 spiro atoms. The molecule has 4 unspecified atom stereocenters. The lowest BCUT2D eigenvalue weighted by molar-refractivity contribution is 0.0113. The molecule has 0 saturated carbocycles. The van der Waals surface area contributed by atoms with E-state index in [-0.39, 0.29) is 0 Å². The Morgan fingerprint density at radius 3 is 2.60 bits per heavy atom. The average molecular weight is 284 g/mol. The van der Waals surface area contributed by atoms with Gasteiger partial charge in [0.1, 0.15) is 0 Å². The van der Waals surface area contributed by atoms with Crippen LogP contribution in [-0.2, 0) is 9.47 Å². The smallest absolute Gasteiger partial charge is 0.0707 e. The van der Waals surface area contributed by atoms with Gasteiger partial charge in [0, 0.05) is 25.7 Å². The van der Waals surface area contributed by atoms with E-state index in [1.54, 1.807) is 0 Å². The molecule has 4 nitrogen and oxygen atoms in total. The first-order chi connectivity index (χ1) is 9.56. The van der Waals surface area contributed by atoms with Crippen molar-refractivity contribution in [3.63, 3.8) is 0 Å². The molecule has 2 fully saturated rings. The Hall–Kier alpha value is -0.160. The van der Waals surface area contributed by atoms with Crippen molar-refractivity contribution in [3.05, 3.63) is 0 Å². The van der Waals surface area contributed by atoms with E-state index in [4.69, 9.17) is 9.47 Å². The summed E-state index contributed by atoms with van der Waals surface area (Å²) in [5.41, 5.74) is 0. The van der Waals surface area contributed by atoms with Crippen LogP contribution in [0.3, 0.4) is 0 Å². The minimum atomic E-state index is 0.366. The highest BCUT2D eigenvalue weighted by Gasteiger charge is 2.32. The average Bonchev–Trinajstić information content (AvgIpc) is 2.98. The van der Waals surface area contributed by atoms with E-state index in [1.807, 2.05) is 0 Å². The zero-order chi connectivity index (χ0) is 14.5. The van der Waals surface area contributed by atoms with Crippen LogP contribution in [0, 0.1) is 5.92 Å². The zero-order valence-corrected chi connectivity index (χ0v) is 13.6. The third-order valence-electron chi connectivity index (χ3n) is 4.51. The summed E-state index contributed by atoms with van der Waals surface area (Å²) in [4.78, 5) is 2.44. The Bertz CT molecular complexity index is 286. The van der Waals surface area contributed by atoms with Gasteiger partial charge in [-0.1, -0.05) is 13.8 Å². The van der Waals surface area contributed by atoms with Crippen molar-refractivity contribution < 1.29 is 9.47 Å². The van der Waals surface area contributed by atoms with Gasteiger partial charge in [-0.3, -0.25) is 4.90 Å². The van der Waals surface area contributed by atoms with Gasteiger partial charge >= 0.3 is 0 Å². The van der Waals surface area contributed by atoms with Crippen LogP contribution in [-0.4, -0.2) is 62.5 Å². The zero-order valence-electron chi connectivity index (χ0n) is 13.6. The van der Waals surface area contributed by atoms with Crippen molar-refractivity contribution in [2.45, 2.75) is 64.4 Å². The topological polar surface area (TPSA) is 33.7 Å². The fourth-order valence-corrected chi connectivity index (χ4v) is 3.35. The highest BCUT2D eigenvalue weighted by Crippen LogP contribution is 2.23. The highest BCUT2D eigenvalue weighted by molar-refractivity contribution is 4.84. The standard InChI is InChI=1S/C16H32N2O2/c1-12(2)9-17-10-14-5-6-15(20-14)11-18(4)16-7-8-19-13(16)3/h12-17H,5-11H2,1-4H3. The Balaban J connectivity index is 1.65. The van der Waals surface area contributed by atoms with Crippen LogP contribution in [0.2, 0.25) is 0 Å². The van der Waals surface area contributed by atoms with Crippen molar-refractivity contribution in [2.75, 3.05) is 33.3 Å². The van der Waals surface area contributed by atoms with Crippen LogP contribution < -0.4 is 5.32 Å². The maximum absolute atomic E-state index is 6.16. The summed E-state index contributed by atoms with van der Waals surface area (Å²) in [6.07, 6.45) is 4.72. The molecule has 2 saturated heterocycles. The minimum Gasteiger partial charge on any atom is -0.377 e. The van der Waals surface area contributed by atoms with Crippen molar-refractivity contribution >= 4 is 0 Å². The normalized spacial score (nSPS) is 34.5. The van der Waals surface area contributed by atoms with Crippen LogP contribution in [0.25, 0.3) is 0 Å². The van der Waals surface area contributed by atoms with E-state index in [0.29, 0.717) is 30.3 Å². The molecule has 0 amide bonds. The predicted octanol–water partition coefficient (Wildman–Crippen LogP) is 1.89. The number of likely N-dealkylation sites (N-methyl/N-ethyl adjacent to an activating group) is 1. The van der Waals surface area contributed by atoms with E-state index in [2.05, 4.69) is 38.0 Å². The Labute approximate surface area is 124 Å². The number of nitrogens with zero attached hydrogens (tertiary/aromatic N) is 1. The minimum absolute atomic E-state index is 0.366. The molecule has 0 bridgehead atoms. The Morgan fingerprint density at radius 2 is 1.95 bits per heavy atom. The molecule has 0 radical (unpaired) electrons. The number of rotatable bonds is 7. The molecule has 2 aliphatic heterocycles. The summed E-state index contributed by atoms with van der Waals surface area (Å²) >= 11 is 0. The molecule has 2 heterocycles. The lowest BCUT2D eigenvalue weighted by Gasteiger charge is -2.29. The van der Waals surface area contributed by atoms with Crippen LogP contribution in [0.1, 0.15) is 40.0 Å². The first kappa shape index (κ1) is 16.2. The molecular formula is C16H32N2O2. The van der Waals surface area contributed by atoms with Gasteiger partial charge in [0.15, 0.2) is 0 Å². The highest BCUT2D eigenvalue weighted by atomic mass is 16.5. The fraction of sp³-hybridized carbons (Fsp3) is 1.00. The molecule has 0 aromatic carbocycles. The van der Waals surface area contributed by atoms with Gasteiger partial charge < -0.3 is 14.8 Å². The molecule has 4 atom stereocenters. The molecule has 0 aromatic rings. The van der Waals surface area contributed by atoms with Crippen molar-refractivity contribution in [1.82, 2.24) is 10.2 Å². The summed E-state index contributed by atoms with van der Waals surface area (Å²) < 4.78 is 11.8. The van der Waals surface area contributed by atoms with Gasteiger partial charge in [-0.25, -0.2) is 0 Å². The lowest BCUT2D eigenvalue weighted by atomic mass is 10.1. The van der Waals surface area contributed by atoms with Gasteiger partial charge in [-0.05, 0) is 45.7 Å². The first-order valence-corrected chi connectivity index (χ1v) is 8.24. The molecule has 4 heteroatoms. The van der Waals surface area contributed by atoms with Crippen LogP contribution in [0.5, 0.6) is 0 Å². The van der Waals surface area contributed by atoms with Crippen molar-refractivity contribution in [1.29, 1.82) is 0 Å². The van der Waals surface area contributed by atoms with Crippen LogP contribution >= 0.6 is 0 Å². The van der Waals surface area contributed by atoms with Gasteiger partial charge in [0.2, 0.25) is 0 Å². The van der Waals surface area contributed by atoms with Crippen LogP contribution in [0.4, 0.5) is 0 Å².